The summed E-state index contributed by atoms with van der Waals surface area (Å²) in [5.41, 5.74) is 0.474. The molecule has 25 heavy (non-hydrogen) atoms. The van der Waals surface area contributed by atoms with Crippen molar-refractivity contribution >= 4 is 23.4 Å². The summed E-state index contributed by atoms with van der Waals surface area (Å²) in [6.07, 6.45) is 2.50. The Labute approximate surface area is 154 Å². The van der Waals surface area contributed by atoms with Crippen molar-refractivity contribution in [3.63, 3.8) is 0 Å². The molecule has 5 nitrogen and oxygen atoms in total. The number of halogens is 1. The lowest BCUT2D eigenvalue weighted by Gasteiger charge is -2.25. The Hall–Kier alpha value is -1.75. The normalized spacial score (nSPS) is 15.2. The van der Waals surface area contributed by atoms with E-state index in [4.69, 9.17) is 16.3 Å². The Morgan fingerprint density at radius 2 is 1.76 bits per heavy atom. The average molecular weight is 367 g/mol. The van der Waals surface area contributed by atoms with Crippen LogP contribution in [-0.4, -0.2) is 54.9 Å². The zero-order valence-electron chi connectivity index (χ0n) is 15.3. The van der Waals surface area contributed by atoms with Crippen LogP contribution >= 0.6 is 11.6 Å². The SMILES string of the molecule is CCC(CC)C(=O)N1CCCN(C(=O)c2ccc(OC)cc2Cl)CC1. The molecule has 0 aliphatic carbocycles. The number of carbonyl (C=O) groups excluding carboxylic acids is 2. The van der Waals surface area contributed by atoms with Crippen molar-refractivity contribution in [3.05, 3.63) is 28.8 Å². The second-order valence-electron chi connectivity index (χ2n) is 6.33. The van der Waals surface area contributed by atoms with Gasteiger partial charge in [0.2, 0.25) is 5.91 Å². The first-order valence-corrected chi connectivity index (χ1v) is 9.31. The molecule has 1 aliphatic rings. The first-order chi connectivity index (χ1) is 12.0. The summed E-state index contributed by atoms with van der Waals surface area (Å²) in [5.74, 6) is 0.823. The quantitative estimate of drug-likeness (QED) is 0.801. The molecule has 1 aromatic carbocycles. The van der Waals surface area contributed by atoms with Gasteiger partial charge in [-0.3, -0.25) is 9.59 Å². The number of hydrogen-bond acceptors (Lipinski definition) is 3. The molecule has 1 heterocycles. The zero-order valence-corrected chi connectivity index (χ0v) is 16.0. The van der Waals surface area contributed by atoms with E-state index >= 15 is 0 Å². The van der Waals surface area contributed by atoms with Gasteiger partial charge < -0.3 is 14.5 Å². The molecule has 1 aliphatic heterocycles. The highest BCUT2D eigenvalue weighted by atomic mass is 35.5. The van der Waals surface area contributed by atoms with Crippen LogP contribution in [0.2, 0.25) is 5.02 Å². The Balaban J connectivity index is 2.05. The minimum Gasteiger partial charge on any atom is -0.497 e. The van der Waals surface area contributed by atoms with Crippen LogP contribution in [0.3, 0.4) is 0 Å². The van der Waals surface area contributed by atoms with E-state index in [9.17, 15) is 9.59 Å². The molecule has 1 aromatic rings. The third kappa shape index (κ3) is 4.66. The van der Waals surface area contributed by atoms with Gasteiger partial charge in [-0.25, -0.2) is 0 Å². The minimum atomic E-state index is -0.0931. The maximum atomic E-state index is 12.8. The van der Waals surface area contributed by atoms with E-state index in [0.29, 0.717) is 42.5 Å². The fraction of sp³-hybridized carbons (Fsp3) is 0.579. The first kappa shape index (κ1) is 19.6. The van der Waals surface area contributed by atoms with Crippen LogP contribution in [0.5, 0.6) is 5.75 Å². The Kier molecular flexibility index (Phi) is 7.12. The molecule has 138 valence electrons. The van der Waals surface area contributed by atoms with Gasteiger partial charge in [0.1, 0.15) is 5.75 Å². The molecular weight excluding hydrogens is 340 g/mol. The fourth-order valence-corrected chi connectivity index (χ4v) is 3.46. The second-order valence-corrected chi connectivity index (χ2v) is 6.74. The van der Waals surface area contributed by atoms with Gasteiger partial charge in [0, 0.05) is 32.1 Å². The van der Waals surface area contributed by atoms with Crippen LogP contribution < -0.4 is 4.74 Å². The lowest BCUT2D eigenvalue weighted by Crippen LogP contribution is -2.39. The van der Waals surface area contributed by atoms with Gasteiger partial charge in [0.05, 0.1) is 17.7 Å². The number of methoxy groups -OCH3 is 1. The van der Waals surface area contributed by atoms with Crippen LogP contribution in [0.25, 0.3) is 0 Å². The molecule has 0 atom stereocenters. The Bertz CT molecular complexity index is 617. The number of amides is 2. The number of rotatable bonds is 5. The molecule has 0 saturated carbocycles. The molecule has 1 fully saturated rings. The van der Waals surface area contributed by atoms with Gasteiger partial charge >= 0.3 is 0 Å². The first-order valence-electron chi connectivity index (χ1n) is 8.93. The molecule has 0 N–H and O–H groups in total. The van der Waals surface area contributed by atoms with E-state index in [0.717, 1.165) is 19.3 Å². The van der Waals surface area contributed by atoms with Crippen molar-refractivity contribution in [2.75, 3.05) is 33.3 Å². The average Bonchev–Trinajstić information content (AvgIpc) is 2.88. The number of hydrogen-bond donors (Lipinski definition) is 0. The number of ether oxygens (including phenoxy) is 1. The largest absolute Gasteiger partial charge is 0.497 e. The summed E-state index contributed by atoms with van der Waals surface area (Å²) >= 11 is 6.23. The van der Waals surface area contributed by atoms with Crippen LogP contribution in [0.15, 0.2) is 18.2 Å². The third-order valence-corrected chi connectivity index (χ3v) is 5.15. The highest BCUT2D eigenvalue weighted by Gasteiger charge is 2.26. The van der Waals surface area contributed by atoms with Gasteiger partial charge in [-0.1, -0.05) is 25.4 Å². The topological polar surface area (TPSA) is 49.9 Å². The van der Waals surface area contributed by atoms with E-state index in [1.54, 1.807) is 30.2 Å². The maximum Gasteiger partial charge on any atom is 0.255 e. The summed E-state index contributed by atoms with van der Waals surface area (Å²) in [6.45, 7) is 6.54. The van der Waals surface area contributed by atoms with E-state index in [1.807, 2.05) is 18.7 Å². The summed E-state index contributed by atoms with van der Waals surface area (Å²) < 4.78 is 5.13. The molecule has 2 amide bonds. The molecule has 2 rings (SSSR count). The molecule has 6 heteroatoms. The predicted octanol–water partition coefficient (Wildman–Crippen LogP) is 3.46. The highest BCUT2D eigenvalue weighted by Crippen LogP contribution is 2.24. The van der Waals surface area contributed by atoms with Crippen molar-refractivity contribution in [3.8, 4) is 5.75 Å². The fourth-order valence-electron chi connectivity index (χ4n) is 3.20. The molecule has 0 spiro atoms. The molecule has 0 radical (unpaired) electrons. The molecular formula is C19H27ClN2O3. The monoisotopic (exact) mass is 366 g/mol. The van der Waals surface area contributed by atoms with Crippen LogP contribution in [0.1, 0.15) is 43.5 Å². The van der Waals surface area contributed by atoms with Crippen molar-refractivity contribution in [1.29, 1.82) is 0 Å². The lowest BCUT2D eigenvalue weighted by molar-refractivity contribution is -0.135. The Morgan fingerprint density at radius 1 is 1.12 bits per heavy atom. The zero-order chi connectivity index (χ0) is 18.4. The lowest BCUT2D eigenvalue weighted by atomic mass is 10.0. The standard InChI is InChI=1S/C19H27ClN2O3/c1-4-14(5-2)18(23)21-9-6-10-22(12-11-21)19(24)16-8-7-15(25-3)13-17(16)20/h7-8,13-14H,4-6,9-12H2,1-3H3. The van der Waals surface area contributed by atoms with Gasteiger partial charge in [-0.2, -0.15) is 0 Å². The molecule has 1 saturated heterocycles. The number of benzene rings is 1. The van der Waals surface area contributed by atoms with E-state index < -0.39 is 0 Å². The van der Waals surface area contributed by atoms with Crippen LogP contribution in [0, 0.1) is 5.92 Å². The van der Waals surface area contributed by atoms with Crippen molar-refractivity contribution in [1.82, 2.24) is 9.80 Å². The summed E-state index contributed by atoms with van der Waals surface area (Å²) in [5, 5.41) is 0.388. The second kappa shape index (κ2) is 9.09. The van der Waals surface area contributed by atoms with Gasteiger partial charge in [-0.05, 0) is 37.5 Å². The maximum absolute atomic E-state index is 12.8. The van der Waals surface area contributed by atoms with Crippen molar-refractivity contribution in [2.24, 2.45) is 5.92 Å². The number of nitrogens with zero attached hydrogens (tertiary/aromatic N) is 2. The summed E-state index contributed by atoms with van der Waals surface area (Å²) in [6, 6.07) is 5.08. The summed E-state index contributed by atoms with van der Waals surface area (Å²) in [4.78, 5) is 29.1. The molecule has 0 unspecified atom stereocenters. The molecule has 0 aromatic heterocycles. The smallest absolute Gasteiger partial charge is 0.255 e. The van der Waals surface area contributed by atoms with E-state index in [-0.39, 0.29) is 17.7 Å². The van der Waals surface area contributed by atoms with E-state index in [2.05, 4.69) is 0 Å². The van der Waals surface area contributed by atoms with Crippen LogP contribution in [0.4, 0.5) is 0 Å². The van der Waals surface area contributed by atoms with Crippen molar-refractivity contribution < 1.29 is 14.3 Å². The minimum absolute atomic E-state index is 0.0817. The molecule has 0 bridgehead atoms. The van der Waals surface area contributed by atoms with Crippen molar-refractivity contribution in [2.45, 2.75) is 33.1 Å². The van der Waals surface area contributed by atoms with Gasteiger partial charge in [-0.15, -0.1) is 0 Å². The Morgan fingerprint density at radius 3 is 2.36 bits per heavy atom. The van der Waals surface area contributed by atoms with Gasteiger partial charge in [0.25, 0.3) is 5.91 Å². The highest BCUT2D eigenvalue weighted by molar-refractivity contribution is 6.34. The summed E-state index contributed by atoms with van der Waals surface area (Å²) in [7, 11) is 1.56. The van der Waals surface area contributed by atoms with E-state index in [1.165, 1.54) is 0 Å². The third-order valence-electron chi connectivity index (χ3n) is 4.84. The predicted molar refractivity (Wildman–Crippen MR) is 99.2 cm³/mol. The van der Waals surface area contributed by atoms with Crippen LogP contribution in [-0.2, 0) is 4.79 Å². The number of carbonyl (C=O) groups is 2. The van der Waals surface area contributed by atoms with Gasteiger partial charge in [0.15, 0.2) is 0 Å².